The van der Waals surface area contributed by atoms with Crippen LogP contribution >= 0.6 is 0 Å². The lowest BCUT2D eigenvalue weighted by Gasteiger charge is -2.33. The minimum absolute atomic E-state index is 0.276. The zero-order valence-electron chi connectivity index (χ0n) is 8.73. The maximum absolute atomic E-state index is 9.41. The normalized spacial score (nSPS) is 26.4. The zero-order valence-corrected chi connectivity index (χ0v) is 8.73. The number of nitrogens with zero attached hydrogens (tertiary/aromatic N) is 1. The molecule has 0 aromatic heterocycles. The molecular formula is C10H22N2O2. The first-order chi connectivity index (χ1) is 6.76. The van der Waals surface area contributed by atoms with Crippen molar-refractivity contribution in [3.63, 3.8) is 0 Å². The topological polar surface area (TPSA) is 69.7 Å². The molecule has 1 aliphatic rings. The standard InChI is InChI=1S/C10H22N2O2/c11-6-10(14)8-12-4-1-2-9(7-12)3-5-13/h9-10,13-14H,1-8,11H2. The smallest absolute Gasteiger partial charge is 0.0789 e. The average Bonchev–Trinajstić information content (AvgIpc) is 2.19. The summed E-state index contributed by atoms with van der Waals surface area (Å²) in [5.41, 5.74) is 5.37. The summed E-state index contributed by atoms with van der Waals surface area (Å²) in [5, 5.41) is 18.3. The molecule has 0 aliphatic carbocycles. The Morgan fingerprint density at radius 3 is 2.93 bits per heavy atom. The Morgan fingerprint density at radius 2 is 2.29 bits per heavy atom. The molecule has 1 heterocycles. The lowest BCUT2D eigenvalue weighted by atomic mass is 9.95. The van der Waals surface area contributed by atoms with E-state index in [1.54, 1.807) is 0 Å². The Hall–Kier alpha value is -0.160. The van der Waals surface area contributed by atoms with Gasteiger partial charge in [-0.05, 0) is 31.7 Å². The third-order valence-electron chi connectivity index (χ3n) is 2.88. The van der Waals surface area contributed by atoms with Gasteiger partial charge in [0.2, 0.25) is 0 Å². The molecule has 4 nitrogen and oxygen atoms in total. The fraction of sp³-hybridized carbons (Fsp3) is 1.00. The number of nitrogens with two attached hydrogens (primary N) is 1. The quantitative estimate of drug-likeness (QED) is 0.557. The Kier molecular flexibility index (Phi) is 5.40. The predicted octanol–water partition coefficient (Wildman–Crippen LogP) is -0.600. The Morgan fingerprint density at radius 1 is 1.50 bits per heavy atom. The van der Waals surface area contributed by atoms with Crippen molar-refractivity contribution >= 4 is 0 Å². The third kappa shape index (κ3) is 3.92. The van der Waals surface area contributed by atoms with E-state index in [-0.39, 0.29) is 6.61 Å². The van der Waals surface area contributed by atoms with Crippen molar-refractivity contribution in [2.24, 2.45) is 11.7 Å². The van der Waals surface area contributed by atoms with Gasteiger partial charge in [-0.1, -0.05) is 0 Å². The van der Waals surface area contributed by atoms with Gasteiger partial charge in [0.1, 0.15) is 0 Å². The highest BCUT2D eigenvalue weighted by atomic mass is 16.3. The predicted molar refractivity (Wildman–Crippen MR) is 55.9 cm³/mol. The number of likely N-dealkylation sites (tertiary alicyclic amines) is 1. The molecule has 0 aromatic carbocycles. The highest BCUT2D eigenvalue weighted by Gasteiger charge is 2.20. The monoisotopic (exact) mass is 202 g/mol. The van der Waals surface area contributed by atoms with E-state index < -0.39 is 6.10 Å². The van der Waals surface area contributed by atoms with Crippen LogP contribution in [0, 0.1) is 5.92 Å². The maximum Gasteiger partial charge on any atom is 0.0789 e. The summed E-state index contributed by atoms with van der Waals surface area (Å²) in [6.45, 7) is 3.34. The zero-order chi connectivity index (χ0) is 10.4. The Balaban J connectivity index is 2.25. The Bertz CT molecular complexity index is 153. The molecule has 0 amide bonds. The summed E-state index contributed by atoms with van der Waals surface area (Å²) in [4.78, 5) is 2.25. The van der Waals surface area contributed by atoms with Crippen LogP contribution < -0.4 is 5.73 Å². The van der Waals surface area contributed by atoms with Crippen molar-refractivity contribution in [3.8, 4) is 0 Å². The highest BCUT2D eigenvalue weighted by molar-refractivity contribution is 4.75. The molecule has 84 valence electrons. The summed E-state index contributed by atoms with van der Waals surface area (Å²) < 4.78 is 0. The molecule has 0 saturated carbocycles. The summed E-state index contributed by atoms with van der Waals surface area (Å²) >= 11 is 0. The Labute approximate surface area is 85.7 Å². The second-order valence-corrected chi connectivity index (χ2v) is 4.17. The van der Waals surface area contributed by atoms with Crippen LogP contribution in [0.2, 0.25) is 0 Å². The number of hydrogen-bond acceptors (Lipinski definition) is 4. The largest absolute Gasteiger partial charge is 0.396 e. The minimum Gasteiger partial charge on any atom is -0.396 e. The first-order valence-electron chi connectivity index (χ1n) is 5.47. The van der Waals surface area contributed by atoms with Crippen LogP contribution in [-0.4, -0.2) is 54.0 Å². The molecule has 2 atom stereocenters. The lowest BCUT2D eigenvalue weighted by molar-refractivity contribution is 0.0824. The van der Waals surface area contributed by atoms with Crippen LogP contribution in [0.15, 0.2) is 0 Å². The molecule has 1 saturated heterocycles. The van der Waals surface area contributed by atoms with E-state index >= 15 is 0 Å². The number of rotatable bonds is 5. The van der Waals surface area contributed by atoms with Crippen molar-refractivity contribution in [2.75, 3.05) is 32.8 Å². The van der Waals surface area contributed by atoms with E-state index in [1.807, 2.05) is 0 Å². The second-order valence-electron chi connectivity index (χ2n) is 4.17. The molecule has 14 heavy (non-hydrogen) atoms. The summed E-state index contributed by atoms with van der Waals surface area (Å²) in [5.74, 6) is 0.596. The van der Waals surface area contributed by atoms with Crippen LogP contribution in [0.1, 0.15) is 19.3 Å². The van der Waals surface area contributed by atoms with E-state index in [9.17, 15) is 5.11 Å². The first kappa shape index (κ1) is 11.9. The summed E-state index contributed by atoms with van der Waals surface area (Å²) in [6.07, 6.45) is 2.86. The summed E-state index contributed by atoms with van der Waals surface area (Å²) in [6, 6.07) is 0. The molecule has 1 fully saturated rings. The number of β-amino-alcohol motifs (C(OH)–C–C–N with tert-alkyl or cyclic N) is 1. The molecule has 4 N–H and O–H groups in total. The van der Waals surface area contributed by atoms with Crippen molar-refractivity contribution in [1.82, 2.24) is 4.90 Å². The van der Waals surface area contributed by atoms with Crippen molar-refractivity contribution in [3.05, 3.63) is 0 Å². The average molecular weight is 202 g/mol. The van der Waals surface area contributed by atoms with Gasteiger partial charge in [0.15, 0.2) is 0 Å². The number of hydrogen-bond donors (Lipinski definition) is 3. The second kappa shape index (κ2) is 6.35. The molecular weight excluding hydrogens is 180 g/mol. The fourth-order valence-corrected chi connectivity index (χ4v) is 2.11. The van der Waals surface area contributed by atoms with Crippen LogP contribution in [0.3, 0.4) is 0 Å². The van der Waals surface area contributed by atoms with E-state index in [0.717, 1.165) is 19.5 Å². The maximum atomic E-state index is 9.41. The number of aliphatic hydroxyl groups excluding tert-OH is 2. The fourth-order valence-electron chi connectivity index (χ4n) is 2.11. The highest BCUT2D eigenvalue weighted by Crippen LogP contribution is 2.19. The molecule has 0 spiro atoms. The van der Waals surface area contributed by atoms with E-state index in [0.29, 0.717) is 19.0 Å². The van der Waals surface area contributed by atoms with Gasteiger partial charge in [-0.2, -0.15) is 0 Å². The molecule has 0 radical (unpaired) electrons. The molecule has 0 bridgehead atoms. The van der Waals surface area contributed by atoms with Gasteiger partial charge in [0.25, 0.3) is 0 Å². The molecule has 2 unspecified atom stereocenters. The van der Waals surface area contributed by atoms with Crippen molar-refractivity contribution < 1.29 is 10.2 Å². The van der Waals surface area contributed by atoms with Crippen molar-refractivity contribution in [2.45, 2.75) is 25.4 Å². The van der Waals surface area contributed by atoms with Crippen molar-refractivity contribution in [1.29, 1.82) is 0 Å². The van der Waals surface area contributed by atoms with Gasteiger partial charge in [-0.3, -0.25) is 0 Å². The molecule has 1 aliphatic heterocycles. The molecule has 0 aromatic rings. The number of aliphatic hydroxyl groups is 2. The van der Waals surface area contributed by atoms with Crippen LogP contribution in [0.25, 0.3) is 0 Å². The van der Waals surface area contributed by atoms with Crippen LogP contribution in [-0.2, 0) is 0 Å². The number of piperidine rings is 1. The van der Waals surface area contributed by atoms with Gasteiger partial charge in [-0.25, -0.2) is 0 Å². The lowest BCUT2D eigenvalue weighted by Crippen LogP contribution is -2.42. The molecule has 1 rings (SSSR count). The minimum atomic E-state index is -0.400. The molecule has 4 heteroatoms. The van der Waals surface area contributed by atoms with Gasteiger partial charge in [0, 0.05) is 26.2 Å². The van der Waals surface area contributed by atoms with Crippen LogP contribution in [0.5, 0.6) is 0 Å². The van der Waals surface area contributed by atoms with E-state index in [1.165, 1.54) is 12.8 Å². The van der Waals surface area contributed by atoms with Crippen LogP contribution in [0.4, 0.5) is 0 Å². The van der Waals surface area contributed by atoms with Gasteiger partial charge < -0.3 is 20.8 Å². The van der Waals surface area contributed by atoms with Gasteiger partial charge >= 0.3 is 0 Å². The van der Waals surface area contributed by atoms with Gasteiger partial charge in [0.05, 0.1) is 6.10 Å². The van der Waals surface area contributed by atoms with Gasteiger partial charge in [-0.15, -0.1) is 0 Å². The van der Waals surface area contributed by atoms with E-state index in [2.05, 4.69) is 4.90 Å². The first-order valence-corrected chi connectivity index (χ1v) is 5.47. The third-order valence-corrected chi connectivity index (χ3v) is 2.88. The summed E-state index contributed by atoms with van der Waals surface area (Å²) in [7, 11) is 0. The van der Waals surface area contributed by atoms with E-state index in [4.69, 9.17) is 10.8 Å². The SMILES string of the molecule is NCC(O)CN1CCCC(CCO)C1.